The van der Waals surface area contributed by atoms with Crippen molar-refractivity contribution in [3.63, 3.8) is 0 Å². The van der Waals surface area contributed by atoms with Crippen LogP contribution in [0.25, 0.3) is 10.9 Å². The molecule has 3 atom stereocenters. The fourth-order valence-electron chi connectivity index (χ4n) is 5.05. The van der Waals surface area contributed by atoms with Gasteiger partial charge in [0.1, 0.15) is 25.3 Å². The van der Waals surface area contributed by atoms with Gasteiger partial charge in [0.15, 0.2) is 17.3 Å². The summed E-state index contributed by atoms with van der Waals surface area (Å²) in [6, 6.07) is 11.1. The van der Waals surface area contributed by atoms with Gasteiger partial charge >= 0.3 is 0 Å². The molecule has 170 valence electrons. The average molecular weight is 447 g/mol. The molecule has 33 heavy (non-hydrogen) atoms. The van der Waals surface area contributed by atoms with E-state index in [4.69, 9.17) is 18.9 Å². The minimum atomic E-state index is 0.113. The molecular weight excluding hydrogens is 422 g/mol. The lowest BCUT2D eigenvalue weighted by molar-refractivity contribution is 0.0932. The molecule has 6 rings (SSSR count). The fourth-order valence-corrected chi connectivity index (χ4v) is 5.05. The molecule has 1 saturated heterocycles. The van der Waals surface area contributed by atoms with Crippen LogP contribution in [0.1, 0.15) is 10.4 Å². The van der Waals surface area contributed by atoms with E-state index in [1.165, 1.54) is 6.33 Å². The summed E-state index contributed by atoms with van der Waals surface area (Å²) >= 11 is 0. The molecule has 0 amide bonds. The van der Waals surface area contributed by atoms with Crippen LogP contribution in [0.4, 0.5) is 0 Å². The number of rotatable bonds is 7. The standard InChI is InChI=1S/C25H25N3O5/c1-30-16-3-4-21-17(9-16)25(27-14-26-21)33-13-20-18-10-28(11-19(18)20)12-22(29)15-2-5-23-24(8-15)32-7-6-31-23/h2-5,8-9,14,18-20H,6-7,10-13H2,1H3/t18-,19+,20?. The van der Waals surface area contributed by atoms with Gasteiger partial charge in [-0.05, 0) is 48.2 Å². The first-order valence-corrected chi connectivity index (χ1v) is 11.3. The minimum Gasteiger partial charge on any atom is -0.497 e. The number of hydrogen-bond donors (Lipinski definition) is 0. The lowest BCUT2D eigenvalue weighted by atomic mass is 10.1. The summed E-state index contributed by atoms with van der Waals surface area (Å²) in [7, 11) is 1.64. The lowest BCUT2D eigenvalue weighted by Crippen LogP contribution is -2.31. The Bertz CT molecular complexity index is 1200. The quantitative estimate of drug-likeness (QED) is 0.512. The second-order valence-corrected chi connectivity index (χ2v) is 8.84. The average Bonchev–Trinajstić information content (AvgIpc) is 3.31. The van der Waals surface area contributed by atoms with Crippen molar-refractivity contribution < 1.29 is 23.7 Å². The Morgan fingerprint density at radius 2 is 1.88 bits per heavy atom. The van der Waals surface area contributed by atoms with Gasteiger partial charge in [0.05, 0.1) is 31.2 Å². The summed E-state index contributed by atoms with van der Waals surface area (Å²) in [5.41, 5.74) is 1.51. The predicted octanol–water partition coefficient (Wildman–Crippen LogP) is 2.85. The van der Waals surface area contributed by atoms with Gasteiger partial charge in [-0.15, -0.1) is 0 Å². The molecule has 1 aromatic heterocycles. The highest BCUT2D eigenvalue weighted by molar-refractivity contribution is 5.98. The first-order chi connectivity index (χ1) is 16.2. The molecule has 3 aromatic rings. The molecule has 2 fully saturated rings. The smallest absolute Gasteiger partial charge is 0.224 e. The van der Waals surface area contributed by atoms with Crippen LogP contribution in [0.3, 0.4) is 0 Å². The molecule has 0 N–H and O–H groups in total. The number of benzene rings is 2. The first-order valence-electron chi connectivity index (χ1n) is 11.3. The zero-order chi connectivity index (χ0) is 22.4. The predicted molar refractivity (Wildman–Crippen MR) is 120 cm³/mol. The molecule has 1 unspecified atom stereocenters. The van der Waals surface area contributed by atoms with Crippen molar-refractivity contribution in [2.75, 3.05) is 46.6 Å². The first kappa shape index (κ1) is 20.2. The number of Topliss-reactive ketones (excluding diaryl/α,β-unsaturated/α-hetero) is 1. The van der Waals surface area contributed by atoms with Crippen LogP contribution in [0, 0.1) is 17.8 Å². The third kappa shape index (κ3) is 3.84. The van der Waals surface area contributed by atoms with E-state index in [1.54, 1.807) is 13.2 Å². The van der Waals surface area contributed by atoms with E-state index in [1.807, 2.05) is 30.3 Å². The molecule has 0 spiro atoms. The largest absolute Gasteiger partial charge is 0.497 e. The highest BCUT2D eigenvalue weighted by atomic mass is 16.6. The normalized spacial score (nSPS) is 23.2. The van der Waals surface area contributed by atoms with Crippen LogP contribution in [0.2, 0.25) is 0 Å². The number of nitrogens with zero attached hydrogens (tertiary/aromatic N) is 3. The van der Waals surface area contributed by atoms with Gasteiger partial charge in [-0.3, -0.25) is 9.69 Å². The number of carbonyl (C=O) groups is 1. The molecule has 3 heterocycles. The molecule has 8 nitrogen and oxygen atoms in total. The number of methoxy groups -OCH3 is 1. The number of aromatic nitrogens is 2. The number of fused-ring (bicyclic) bond motifs is 3. The highest BCUT2D eigenvalue weighted by Gasteiger charge is 2.55. The Kier molecular flexibility index (Phi) is 5.02. The summed E-state index contributed by atoms with van der Waals surface area (Å²) in [5.74, 6) is 4.46. The van der Waals surface area contributed by atoms with Crippen LogP contribution >= 0.6 is 0 Å². The molecule has 2 aromatic carbocycles. The third-order valence-corrected chi connectivity index (χ3v) is 6.90. The van der Waals surface area contributed by atoms with E-state index in [0.29, 0.717) is 67.1 Å². The summed E-state index contributed by atoms with van der Waals surface area (Å²) in [6.07, 6.45) is 1.53. The van der Waals surface area contributed by atoms with Crippen molar-refractivity contribution in [3.8, 4) is 23.1 Å². The van der Waals surface area contributed by atoms with Gasteiger partial charge in [-0.1, -0.05) is 0 Å². The van der Waals surface area contributed by atoms with E-state index in [0.717, 1.165) is 29.7 Å². The van der Waals surface area contributed by atoms with Crippen molar-refractivity contribution >= 4 is 16.7 Å². The Labute approximate surface area is 191 Å². The van der Waals surface area contributed by atoms with Crippen LogP contribution in [0.15, 0.2) is 42.7 Å². The van der Waals surface area contributed by atoms with E-state index < -0.39 is 0 Å². The van der Waals surface area contributed by atoms with Crippen molar-refractivity contribution in [1.82, 2.24) is 14.9 Å². The summed E-state index contributed by atoms with van der Waals surface area (Å²) in [5, 5.41) is 0.856. The SMILES string of the molecule is COc1ccc2ncnc(OCC3[C@H]4CN(CC(=O)c5ccc6c(c5)OCCO6)C[C@@H]34)c2c1. The second kappa shape index (κ2) is 8.19. The van der Waals surface area contributed by atoms with Gasteiger partial charge in [0, 0.05) is 24.6 Å². The number of likely N-dealkylation sites (tertiary alicyclic amines) is 1. The zero-order valence-electron chi connectivity index (χ0n) is 18.4. The van der Waals surface area contributed by atoms with E-state index in [2.05, 4.69) is 14.9 Å². The third-order valence-electron chi connectivity index (χ3n) is 6.90. The summed E-state index contributed by atoms with van der Waals surface area (Å²) in [6.45, 7) is 3.96. The summed E-state index contributed by atoms with van der Waals surface area (Å²) in [4.78, 5) is 23.7. The number of piperidine rings is 1. The van der Waals surface area contributed by atoms with Crippen molar-refractivity contribution in [2.24, 2.45) is 17.8 Å². The Hall–Kier alpha value is -3.39. The maximum atomic E-state index is 12.8. The second-order valence-electron chi connectivity index (χ2n) is 8.84. The number of ether oxygens (including phenoxy) is 4. The molecule has 0 radical (unpaired) electrons. The van der Waals surface area contributed by atoms with E-state index in [-0.39, 0.29) is 5.78 Å². The molecule has 0 bridgehead atoms. The molecule has 1 saturated carbocycles. The molecule has 1 aliphatic carbocycles. The van der Waals surface area contributed by atoms with E-state index in [9.17, 15) is 4.79 Å². The fraction of sp³-hybridized carbons (Fsp3) is 0.400. The van der Waals surface area contributed by atoms with Gasteiger partial charge in [-0.25, -0.2) is 9.97 Å². The highest BCUT2D eigenvalue weighted by Crippen LogP contribution is 2.51. The minimum absolute atomic E-state index is 0.113. The number of ketones is 1. The summed E-state index contributed by atoms with van der Waals surface area (Å²) < 4.78 is 22.6. The van der Waals surface area contributed by atoms with Crippen molar-refractivity contribution in [2.45, 2.75) is 0 Å². The Morgan fingerprint density at radius 3 is 2.70 bits per heavy atom. The lowest BCUT2D eigenvalue weighted by Gasteiger charge is -2.20. The molecule has 8 heteroatoms. The maximum Gasteiger partial charge on any atom is 0.224 e. The monoisotopic (exact) mass is 447 g/mol. The van der Waals surface area contributed by atoms with Crippen LogP contribution < -0.4 is 18.9 Å². The van der Waals surface area contributed by atoms with Gasteiger partial charge < -0.3 is 18.9 Å². The Balaban J connectivity index is 1.03. The van der Waals surface area contributed by atoms with Crippen molar-refractivity contribution in [1.29, 1.82) is 0 Å². The molecular formula is C25H25N3O5. The van der Waals surface area contributed by atoms with Gasteiger partial charge in [0.2, 0.25) is 5.88 Å². The van der Waals surface area contributed by atoms with Gasteiger partial charge in [-0.2, -0.15) is 0 Å². The zero-order valence-corrected chi connectivity index (χ0v) is 18.4. The van der Waals surface area contributed by atoms with Crippen LogP contribution in [-0.4, -0.2) is 67.2 Å². The van der Waals surface area contributed by atoms with Crippen molar-refractivity contribution in [3.05, 3.63) is 48.3 Å². The Morgan fingerprint density at radius 1 is 1.06 bits per heavy atom. The number of hydrogen-bond acceptors (Lipinski definition) is 8. The topological polar surface area (TPSA) is 83.0 Å². The molecule has 3 aliphatic rings. The molecule has 2 aliphatic heterocycles. The maximum absolute atomic E-state index is 12.8. The van der Waals surface area contributed by atoms with Crippen LogP contribution in [0.5, 0.6) is 23.1 Å². The van der Waals surface area contributed by atoms with Gasteiger partial charge in [0.25, 0.3) is 0 Å². The van der Waals surface area contributed by atoms with E-state index >= 15 is 0 Å². The van der Waals surface area contributed by atoms with Crippen LogP contribution in [-0.2, 0) is 0 Å². The number of carbonyl (C=O) groups excluding carboxylic acids is 1.